The molecule has 0 aliphatic heterocycles. The van der Waals surface area contributed by atoms with Gasteiger partial charge < -0.3 is 5.73 Å². The highest BCUT2D eigenvalue weighted by Gasteiger charge is 2.38. The van der Waals surface area contributed by atoms with Gasteiger partial charge in [0.15, 0.2) is 10.8 Å². The molecule has 0 fully saturated rings. The number of fused-ring (bicyclic) bond motifs is 3. The first-order valence-corrected chi connectivity index (χ1v) is 10.3. The molecule has 5 rings (SSSR count). The van der Waals surface area contributed by atoms with Crippen LogP contribution in [0.2, 0.25) is 0 Å². The average Bonchev–Trinajstić information content (AvgIpc) is 3.37. The van der Waals surface area contributed by atoms with Crippen LogP contribution in [0.1, 0.15) is 35.5 Å². The number of carbonyl (C=O) groups excluding carboxylic acids is 1. The van der Waals surface area contributed by atoms with Crippen molar-refractivity contribution >= 4 is 28.3 Å². The van der Waals surface area contributed by atoms with E-state index in [1.807, 2.05) is 35.7 Å². The van der Waals surface area contributed by atoms with E-state index in [-0.39, 0.29) is 17.3 Å². The maximum absolute atomic E-state index is 13.1. The van der Waals surface area contributed by atoms with Gasteiger partial charge in [-0.05, 0) is 17.4 Å². The molecule has 1 aliphatic rings. The molecule has 1 amide bonds. The minimum Gasteiger partial charge on any atom is -0.368 e. The molecule has 0 saturated carbocycles. The number of hydrogen-bond acceptors (Lipinski definition) is 7. The molecule has 1 aliphatic carbocycles. The van der Waals surface area contributed by atoms with E-state index in [1.165, 1.54) is 11.3 Å². The molecule has 9 heteroatoms. The summed E-state index contributed by atoms with van der Waals surface area (Å²) in [7, 11) is 0. The minimum atomic E-state index is -0.320. The van der Waals surface area contributed by atoms with Crippen LogP contribution in [-0.2, 0) is 11.8 Å². The second-order valence-corrected chi connectivity index (χ2v) is 8.70. The summed E-state index contributed by atoms with van der Waals surface area (Å²) in [6.45, 7) is 4.16. The van der Waals surface area contributed by atoms with E-state index in [0.29, 0.717) is 28.6 Å². The van der Waals surface area contributed by atoms with Gasteiger partial charge in [0, 0.05) is 22.7 Å². The number of anilines is 2. The Morgan fingerprint density at radius 3 is 2.83 bits per heavy atom. The number of H-pyrrole nitrogens is 1. The number of aromatic amines is 1. The lowest BCUT2D eigenvalue weighted by Gasteiger charge is -2.31. The van der Waals surface area contributed by atoms with Gasteiger partial charge in [-0.25, -0.2) is 15.0 Å². The lowest BCUT2D eigenvalue weighted by atomic mass is 9.73. The monoisotopic (exact) mass is 417 g/mol. The Hall–Kier alpha value is -3.59. The molecule has 0 spiro atoms. The summed E-state index contributed by atoms with van der Waals surface area (Å²) in [6, 6.07) is 9.84. The summed E-state index contributed by atoms with van der Waals surface area (Å²) in [4.78, 5) is 26.1. The summed E-state index contributed by atoms with van der Waals surface area (Å²) in [5.41, 5.74) is 10.8. The van der Waals surface area contributed by atoms with Crippen LogP contribution < -0.4 is 11.1 Å². The molecule has 8 nitrogen and oxygen atoms in total. The summed E-state index contributed by atoms with van der Waals surface area (Å²) in [5.74, 6) is -0.115. The van der Waals surface area contributed by atoms with E-state index in [0.717, 1.165) is 22.4 Å². The number of nitrogen functional groups attached to an aromatic ring is 1. The van der Waals surface area contributed by atoms with Gasteiger partial charge in [0.05, 0.1) is 17.1 Å². The van der Waals surface area contributed by atoms with Crippen LogP contribution in [0.25, 0.3) is 22.6 Å². The van der Waals surface area contributed by atoms with E-state index in [9.17, 15) is 4.79 Å². The number of amides is 1. The fourth-order valence-electron chi connectivity index (χ4n) is 3.90. The lowest BCUT2D eigenvalue weighted by Crippen LogP contribution is -2.29. The molecule has 3 heterocycles. The minimum absolute atomic E-state index is 0.191. The zero-order chi connectivity index (χ0) is 20.9. The molecule has 30 heavy (non-hydrogen) atoms. The van der Waals surface area contributed by atoms with Crippen LogP contribution in [0.3, 0.4) is 0 Å². The Kier molecular flexibility index (Phi) is 4.14. The first-order chi connectivity index (χ1) is 14.4. The predicted octanol–water partition coefficient (Wildman–Crippen LogP) is 3.66. The number of benzene rings is 1. The molecule has 0 saturated heterocycles. The first-order valence-electron chi connectivity index (χ1n) is 9.45. The quantitative estimate of drug-likeness (QED) is 0.467. The second-order valence-electron chi connectivity index (χ2n) is 7.84. The molecular formula is C21H19N7OS. The number of hydrogen-bond donors (Lipinski definition) is 3. The van der Waals surface area contributed by atoms with Crippen molar-refractivity contribution in [2.75, 3.05) is 11.1 Å². The van der Waals surface area contributed by atoms with E-state index in [1.54, 1.807) is 6.20 Å². The Morgan fingerprint density at radius 1 is 1.23 bits per heavy atom. The maximum Gasteiger partial charge on any atom is 0.278 e. The number of nitrogens with one attached hydrogen (secondary N) is 2. The van der Waals surface area contributed by atoms with Crippen LogP contribution in [0.4, 0.5) is 11.1 Å². The highest BCUT2D eigenvalue weighted by molar-refractivity contribution is 7.14. The number of nitrogens with zero attached hydrogens (tertiary/aromatic N) is 4. The van der Waals surface area contributed by atoms with Crippen LogP contribution in [0.15, 0.2) is 41.9 Å². The van der Waals surface area contributed by atoms with Gasteiger partial charge in [-0.2, -0.15) is 5.10 Å². The largest absolute Gasteiger partial charge is 0.368 e. The zero-order valence-corrected chi connectivity index (χ0v) is 17.2. The van der Waals surface area contributed by atoms with Gasteiger partial charge in [0.25, 0.3) is 5.91 Å². The van der Waals surface area contributed by atoms with E-state index >= 15 is 0 Å². The number of nitrogens with two attached hydrogens (primary N) is 1. The molecule has 4 aromatic rings. The third-order valence-electron chi connectivity index (χ3n) is 5.20. The summed E-state index contributed by atoms with van der Waals surface area (Å²) in [5, 5.41) is 12.6. The van der Waals surface area contributed by atoms with Crippen molar-refractivity contribution in [1.29, 1.82) is 0 Å². The first kappa shape index (κ1) is 18.4. The Bertz CT molecular complexity index is 1260. The van der Waals surface area contributed by atoms with Crippen LogP contribution in [-0.4, -0.2) is 31.1 Å². The molecule has 0 unspecified atom stereocenters. The highest BCUT2D eigenvalue weighted by Crippen LogP contribution is 2.42. The van der Waals surface area contributed by atoms with Crippen molar-refractivity contribution in [2.24, 2.45) is 0 Å². The van der Waals surface area contributed by atoms with Crippen molar-refractivity contribution < 1.29 is 4.79 Å². The van der Waals surface area contributed by atoms with Crippen molar-refractivity contribution in [3.8, 4) is 22.6 Å². The van der Waals surface area contributed by atoms with Gasteiger partial charge in [-0.15, -0.1) is 11.3 Å². The van der Waals surface area contributed by atoms with Crippen molar-refractivity contribution in [3.63, 3.8) is 0 Å². The standard InChI is InChI=1S/C21H19N7OS/c1-21(2)8-12-9-23-19(22)25-15(12)16-14(21)17(28-27-16)18(29)26-20-24-13(10-30-20)11-6-4-3-5-7-11/h3-7,9-10H,8H2,1-2H3,(H,27,28)(H2,22,23,25)(H,24,26,29). The molecule has 0 atom stereocenters. The summed E-state index contributed by atoms with van der Waals surface area (Å²) in [6.07, 6.45) is 2.43. The fourth-order valence-corrected chi connectivity index (χ4v) is 4.61. The normalized spacial score (nSPS) is 14.1. The number of rotatable bonds is 3. The third-order valence-corrected chi connectivity index (χ3v) is 5.96. The van der Waals surface area contributed by atoms with Gasteiger partial charge in [0.2, 0.25) is 5.95 Å². The topological polar surface area (TPSA) is 122 Å². The zero-order valence-electron chi connectivity index (χ0n) is 16.4. The Morgan fingerprint density at radius 2 is 2.03 bits per heavy atom. The second kappa shape index (κ2) is 6.74. The summed E-state index contributed by atoms with van der Waals surface area (Å²) < 4.78 is 0. The maximum atomic E-state index is 13.1. The lowest BCUT2D eigenvalue weighted by molar-refractivity contribution is 0.102. The van der Waals surface area contributed by atoms with Crippen molar-refractivity contribution in [1.82, 2.24) is 25.1 Å². The van der Waals surface area contributed by atoms with Crippen LogP contribution in [0.5, 0.6) is 0 Å². The average molecular weight is 417 g/mol. The predicted molar refractivity (Wildman–Crippen MR) is 116 cm³/mol. The number of carbonyl (C=O) groups is 1. The van der Waals surface area contributed by atoms with Crippen molar-refractivity contribution in [3.05, 3.63) is 58.7 Å². The molecule has 0 bridgehead atoms. The van der Waals surface area contributed by atoms with Crippen molar-refractivity contribution in [2.45, 2.75) is 25.7 Å². The van der Waals surface area contributed by atoms with Gasteiger partial charge in [0.1, 0.15) is 0 Å². The fraction of sp³-hybridized carbons (Fsp3) is 0.190. The molecule has 0 radical (unpaired) electrons. The molecule has 3 aromatic heterocycles. The Labute approximate surface area is 176 Å². The molecule has 1 aromatic carbocycles. The van der Waals surface area contributed by atoms with E-state index in [2.05, 4.69) is 44.3 Å². The van der Waals surface area contributed by atoms with Crippen LogP contribution in [0, 0.1) is 0 Å². The van der Waals surface area contributed by atoms with Gasteiger partial charge >= 0.3 is 0 Å². The van der Waals surface area contributed by atoms with Gasteiger partial charge in [-0.3, -0.25) is 15.2 Å². The highest BCUT2D eigenvalue weighted by atomic mass is 32.1. The van der Waals surface area contributed by atoms with E-state index in [4.69, 9.17) is 5.73 Å². The third kappa shape index (κ3) is 3.03. The Balaban J connectivity index is 1.48. The SMILES string of the molecule is CC1(C)Cc2cnc(N)nc2-c2[nH]nc(C(=O)Nc3nc(-c4ccccc4)cs3)c21. The smallest absolute Gasteiger partial charge is 0.278 e. The van der Waals surface area contributed by atoms with Gasteiger partial charge in [-0.1, -0.05) is 44.2 Å². The molecule has 4 N–H and O–H groups in total. The summed E-state index contributed by atoms with van der Waals surface area (Å²) >= 11 is 1.38. The van der Waals surface area contributed by atoms with E-state index < -0.39 is 0 Å². The molecular weight excluding hydrogens is 398 g/mol. The number of thiazole rings is 1. The number of aromatic nitrogens is 5. The molecule has 150 valence electrons. The van der Waals surface area contributed by atoms with Crippen LogP contribution >= 0.6 is 11.3 Å².